The first-order valence-corrected chi connectivity index (χ1v) is 12.9. The lowest BCUT2D eigenvalue weighted by atomic mass is 9.68. The van der Waals surface area contributed by atoms with Gasteiger partial charge >= 0.3 is 0 Å². The molecule has 2 saturated carbocycles. The first-order valence-electron chi connectivity index (χ1n) is 12.9. The zero-order valence-corrected chi connectivity index (χ0v) is 19.8. The fourth-order valence-electron chi connectivity index (χ4n) is 6.08. The normalized spacial score (nSPS) is 25.7. The monoisotopic (exact) mass is 458 g/mol. The summed E-state index contributed by atoms with van der Waals surface area (Å²) in [5.74, 6) is 0.203. The molecule has 2 aliphatic rings. The summed E-state index contributed by atoms with van der Waals surface area (Å²) in [7, 11) is 0. The molecule has 1 nitrogen and oxygen atoms in total. The molecule has 0 spiro atoms. The fraction of sp³-hybridized carbons (Fsp3) is 0.586. The van der Waals surface area contributed by atoms with E-state index in [0.717, 1.165) is 29.9 Å². The summed E-state index contributed by atoms with van der Waals surface area (Å²) in [4.78, 5) is 0. The number of rotatable bonds is 8. The maximum atomic E-state index is 13.4. The van der Waals surface area contributed by atoms with Gasteiger partial charge in [0.2, 0.25) is 0 Å². The van der Waals surface area contributed by atoms with Gasteiger partial charge in [0.25, 0.3) is 0 Å². The molecule has 2 aromatic rings. The second-order valence-corrected chi connectivity index (χ2v) is 10.3. The van der Waals surface area contributed by atoms with Crippen LogP contribution in [0.3, 0.4) is 0 Å². The van der Waals surface area contributed by atoms with Crippen LogP contribution in [0.2, 0.25) is 0 Å². The van der Waals surface area contributed by atoms with Crippen LogP contribution in [0.1, 0.15) is 94.6 Å². The Balaban J connectivity index is 1.27. The van der Waals surface area contributed by atoms with Crippen LogP contribution in [0, 0.1) is 35.2 Å². The van der Waals surface area contributed by atoms with E-state index < -0.39 is 17.5 Å². The molecule has 33 heavy (non-hydrogen) atoms. The molecule has 0 N–H and O–H groups in total. The molecule has 0 heterocycles. The third-order valence-corrected chi connectivity index (χ3v) is 8.07. The summed E-state index contributed by atoms with van der Waals surface area (Å²) in [5.41, 5.74) is 1.56. The lowest BCUT2D eigenvalue weighted by molar-refractivity contribution is 0.156. The van der Waals surface area contributed by atoms with E-state index in [1.807, 2.05) is 12.1 Å². The van der Waals surface area contributed by atoms with Crippen LogP contribution >= 0.6 is 0 Å². The third kappa shape index (κ3) is 6.33. The molecule has 0 unspecified atom stereocenters. The highest BCUT2D eigenvalue weighted by Crippen LogP contribution is 2.44. The maximum Gasteiger partial charge on any atom is 0.194 e. The number of benzene rings is 2. The van der Waals surface area contributed by atoms with Gasteiger partial charge in [0, 0.05) is 0 Å². The molecule has 2 aliphatic carbocycles. The number of unbranched alkanes of at least 4 members (excludes halogenated alkanes) is 1. The van der Waals surface area contributed by atoms with Crippen LogP contribution in [0.4, 0.5) is 13.2 Å². The molecule has 0 radical (unpaired) electrons. The highest BCUT2D eigenvalue weighted by atomic mass is 19.2. The van der Waals surface area contributed by atoms with Gasteiger partial charge in [-0.3, -0.25) is 0 Å². The van der Waals surface area contributed by atoms with Crippen LogP contribution in [-0.2, 0) is 6.61 Å². The Morgan fingerprint density at radius 3 is 2.09 bits per heavy atom. The Hall–Kier alpha value is -1.97. The van der Waals surface area contributed by atoms with Gasteiger partial charge in [0.1, 0.15) is 12.4 Å². The number of ether oxygens (including phenoxy) is 1. The molecular formula is C29H37F3O. The second kappa shape index (κ2) is 11.4. The standard InChI is InChI=1S/C29H37F3O/c1-2-3-5-20-8-10-22(11-9-20)23-12-14-24(15-13-23)25-6-4-7-26(18-25)33-19-21-16-27(30)29(32)28(31)17-21/h4,6-7,16-18,20,22-24H,2-3,5,8-15,19H2,1H3. The van der Waals surface area contributed by atoms with Gasteiger partial charge in [-0.05, 0) is 97.6 Å². The van der Waals surface area contributed by atoms with Gasteiger partial charge in [0.15, 0.2) is 17.5 Å². The van der Waals surface area contributed by atoms with Crippen molar-refractivity contribution in [3.63, 3.8) is 0 Å². The fourth-order valence-corrected chi connectivity index (χ4v) is 6.08. The predicted molar refractivity (Wildman–Crippen MR) is 127 cm³/mol. The van der Waals surface area contributed by atoms with Crippen molar-refractivity contribution < 1.29 is 17.9 Å². The Labute approximate surface area is 196 Å². The minimum atomic E-state index is -1.44. The van der Waals surface area contributed by atoms with E-state index in [0.29, 0.717) is 11.7 Å². The molecule has 0 amide bonds. The molecule has 4 heteroatoms. The highest BCUT2D eigenvalue weighted by molar-refractivity contribution is 5.31. The van der Waals surface area contributed by atoms with Crippen LogP contribution in [0.15, 0.2) is 36.4 Å². The minimum absolute atomic E-state index is 0.00520. The van der Waals surface area contributed by atoms with Crippen LogP contribution in [0.25, 0.3) is 0 Å². The van der Waals surface area contributed by atoms with Crippen molar-refractivity contribution >= 4 is 0 Å². The predicted octanol–water partition coefficient (Wildman–Crippen LogP) is 8.95. The number of hydrogen-bond acceptors (Lipinski definition) is 1. The largest absolute Gasteiger partial charge is 0.489 e. The second-order valence-electron chi connectivity index (χ2n) is 10.3. The van der Waals surface area contributed by atoms with Gasteiger partial charge in [-0.15, -0.1) is 0 Å². The molecule has 0 aliphatic heterocycles. The van der Waals surface area contributed by atoms with Crippen molar-refractivity contribution in [3.8, 4) is 5.75 Å². The summed E-state index contributed by atoms with van der Waals surface area (Å²) >= 11 is 0. The van der Waals surface area contributed by atoms with Gasteiger partial charge in [0.05, 0.1) is 0 Å². The van der Waals surface area contributed by atoms with Crippen molar-refractivity contribution in [2.75, 3.05) is 0 Å². The lowest BCUT2D eigenvalue weighted by Gasteiger charge is -2.38. The van der Waals surface area contributed by atoms with Gasteiger partial charge in [-0.25, -0.2) is 13.2 Å². The van der Waals surface area contributed by atoms with E-state index in [1.165, 1.54) is 76.2 Å². The lowest BCUT2D eigenvalue weighted by Crippen LogP contribution is -2.25. The average molecular weight is 459 g/mol. The van der Waals surface area contributed by atoms with E-state index >= 15 is 0 Å². The Morgan fingerprint density at radius 2 is 1.45 bits per heavy atom. The molecule has 4 rings (SSSR count). The number of hydrogen-bond donors (Lipinski definition) is 0. The molecular weight excluding hydrogens is 421 g/mol. The van der Waals surface area contributed by atoms with Crippen LogP contribution in [-0.4, -0.2) is 0 Å². The van der Waals surface area contributed by atoms with Gasteiger partial charge in [-0.2, -0.15) is 0 Å². The summed E-state index contributed by atoms with van der Waals surface area (Å²) in [5, 5.41) is 0. The molecule has 0 aromatic heterocycles. The van der Waals surface area contributed by atoms with E-state index in [2.05, 4.69) is 19.1 Å². The quantitative estimate of drug-likeness (QED) is 0.359. The van der Waals surface area contributed by atoms with Crippen molar-refractivity contribution in [2.45, 2.75) is 90.1 Å². The highest BCUT2D eigenvalue weighted by Gasteiger charge is 2.31. The molecule has 2 fully saturated rings. The van der Waals surface area contributed by atoms with Crippen molar-refractivity contribution in [1.82, 2.24) is 0 Å². The Bertz CT molecular complexity index is 872. The van der Waals surface area contributed by atoms with E-state index in [4.69, 9.17) is 4.74 Å². The summed E-state index contributed by atoms with van der Waals surface area (Å²) in [6, 6.07) is 10.0. The minimum Gasteiger partial charge on any atom is -0.489 e. The SMILES string of the molecule is CCCCC1CCC(C2CCC(c3cccc(OCc4cc(F)c(F)c(F)c4)c3)CC2)CC1. The average Bonchev–Trinajstić information content (AvgIpc) is 2.85. The van der Waals surface area contributed by atoms with Crippen LogP contribution in [0.5, 0.6) is 5.75 Å². The molecule has 0 saturated heterocycles. The Kier molecular flexibility index (Phi) is 8.38. The zero-order chi connectivity index (χ0) is 23.2. The van der Waals surface area contributed by atoms with Gasteiger partial charge < -0.3 is 4.74 Å². The van der Waals surface area contributed by atoms with Crippen LogP contribution < -0.4 is 4.74 Å². The van der Waals surface area contributed by atoms with E-state index in [9.17, 15) is 13.2 Å². The first kappa shape index (κ1) is 24.2. The van der Waals surface area contributed by atoms with Crippen molar-refractivity contribution in [2.24, 2.45) is 17.8 Å². The summed E-state index contributed by atoms with van der Waals surface area (Å²) in [6.07, 6.45) is 14.9. The van der Waals surface area contributed by atoms with Crippen molar-refractivity contribution in [1.29, 1.82) is 0 Å². The first-order chi connectivity index (χ1) is 16.0. The van der Waals surface area contributed by atoms with E-state index in [1.54, 1.807) is 0 Å². The van der Waals surface area contributed by atoms with E-state index in [-0.39, 0.29) is 12.2 Å². The third-order valence-electron chi connectivity index (χ3n) is 8.07. The molecule has 2 aromatic carbocycles. The molecule has 0 bridgehead atoms. The summed E-state index contributed by atoms with van der Waals surface area (Å²) in [6.45, 7) is 2.30. The number of halogens is 3. The zero-order valence-electron chi connectivity index (χ0n) is 19.8. The molecule has 180 valence electrons. The Morgan fingerprint density at radius 1 is 0.818 bits per heavy atom. The van der Waals surface area contributed by atoms with Crippen molar-refractivity contribution in [3.05, 3.63) is 65.0 Å². The van der Waals surface area contributed by atoms with Gasteiger partial charge in [-0.1, -0.05) is 51.2 Å². The maximum absolute atomic E-state index is 13.4. The summed E-state index contributed by atoms with van der Waals surface area (Å²) < 4.78 is 45.8. The smallest absolute Gasteiger partial charge is 0.194 e. The topological polar surface area (TPSA) is 9.23 Å². The molecule has 0 atom stereocenters.